The second kappa shape index (κ2) is 6.71. The molecule has 0 bridgehead atoms. The maximum absolute atomic E-state index is 4.78. The highest BCUT2D eigenvalue weighted by Gasteiger charge is 2.07. The highest BCUT2D eigenvalue weighted by Crippen LogP contribution is 2.29. The highest BCUT2D eigenvalue weighted by atomic mass is 32.1. The third-order valence-electron chi connectivity index (χ3n) is 3.54. The van der Waals surface area contributed by atoms with Gasteiger partial charge in [-0.2, -0.15) is 0 Å². The molecule has 0 radical (unpaired) electrons. The molecule has 3 rings (SSSR count). The molecule has 3 nitrogen and oxygen atoms in total. The zero-order valence-corrected chi connectivity index (χ0v) is 13.7. The fourth-order valence-electron chi connectivity index (χ4n) is 2.35. The van der Waals surface area contributed by atoms with Crippen LogP contribution in [0.3, 0.4) is 0 Å². The van der Waals surface area contributed by atoms with Gasteiger partial charge in [-0.25, -0.2) is 4.98 Å². The van der Waals surface area contributed by atoms with Gasteiger partial charge in [-0.15, -0.1) is 11.3 Å². The molecule has 2 aromatic heterocycles. The Morgan fingerprint density at radius 3 is 2.64 bits per heavy atom. The summed E-state index contributed by atoms with van der Waals surface area (Å²) in [4.78, 5) is 9.19. The van der Waals surface area contributed by atoms with E-state index in [-0.39, 0.29) is 0 Å². The summed E-state index contributed by atoms with van der Waals surface area (Å²) in [7, 11) is 1.92. The van der Waals surface area contributed by atoms with E-state index in [2.05, 4.69) is 52.9 Å². The van der Waals surface area contributed by atoms with Crippen molar-refractivity contribution in [3.05, 3.63) is 53.7 Å². The average Bonchev–Trinajstić information content (AvgIpc) is 3.06. The molecule has 2 heterocycles. The third kappa shape index (κ3) is 3.17. The van der Waals surface area contributed by atoms with E-state index >= 15 is 0 Å². The Bertz CT molecular complexity index is 747. The van der Waals surface area contributed by atoms with Crippen molar-refractivity contribution in [1.29, 1.82) is 0 Å². The molecule has 0 amide bonds. The number of hydrogen-bond donors (Lipinski definition) is 1. The summed E-state index contributed by atoms with van der Waals surface area (Å²) in [5.41, 5.74) is 5.56. The lowest BCUT2D eigenvalue weighted by molar-refractivity contribution is 0.883. The molecule has 112 valence electrons. The topological polar surface area (TPSA) is 37.8 Å². The van der Waals surface area contributed by atoms with Gasteiger partial charge in [0.25, 0.3) is 0 Å². The monoisotopic (exact) mass is 309 g/mol. The van der Waals surface area contributed by atoms with Crippen LogP contribution in [0.15, 0.2) is 48.0 Å². The maximum Gasteiger partial charge on any atom is 0.124 e. The minimum absolute atomic E-state index is 1.01. The van der Waals surface area contributed by atoms with Gasteiger partial charge in [-0.3, -0.25) is 4.98 Å². The van der Waals surface area contributed by atoms with Gasteiger partial charge in [-0.05, 0) is 30.7 Å². The van der Waals surface area contributed by atoms with Gasteiger partial charge in [0.05, 0.1) is 5.69 Å². The number of hydrogen-bond acceptors (Lipinski definition) is 4. The van der Waals surface area contributed by atoms with Crippen molar-refractivity contribution >= 4 is 17.0 Å². The number of nitrogens with one attached hydrogen (secondary N) is 1. The van der Waals surface area contributed by atoms with Crippen molar-refractivity contribution < 1.29 is 0 Å². The number of pyridine rings is 1. The van der Waals surface area contributed by atoms with Crippen LogP contribution in [-0.4, -0.2) is 17.0 Å². The molecular weight excluding hydrogens is 290 g/mol. The minimum Gasteiger partial charge on any atom is -0.388 e. The van der Waals surface area contributed by atoms with E-state index in [4.69, 9.17) is 4.98 Å². The molecule has 0 aliphatic heterocycles. The standard InChI is InChI=1S/C18H19N3S/c1-3-4-16-11-14(9-10-20-16)18-21-17(12-22-18)13-5-7-15(19-2)8-6-13/h5-12,19H,3-4H2,1-2H3. The Balaban J connectivity index is 1.88. The van der Waals surface area contributed by atoms with Gasteiger partial charge in [0.2, 0.25) is 0 Å². The first-order valence-corrected chi connectivity index (χ1v) is 8.37. The zero-order chi connectivity index (χ0) is 15.4. The van der Waals surface area contributed by atoms with Crippen molar-refractivity contribution in [3.8, 4) is 21.8 Å². The predicted molar refractivity (Wildman–Crippen MR) is 94.3 cm³/mol. The van der Waals surface area contributed by atoms with Crippen LogP contribution in [0.5, 0.6) is 0 Å². The molecule has 0 spiro atoms. The van der Waals surface area contributed by atoms with E-state index < -0.39 is 0 Å². The van der Waals surface area contributed by atoms with Crippen molar-refractivity contribution in [2.45, 2.75) is 19.8 Å². The van der Waals surface area contributed by atoms with Gasteiger partial charge < -0.3 is 5.32 Å². The van der Waals surface area contributed by atoms with Gasteiger partial charge in [0.15, 0.2) is 0 Å². The van der Waals surface area contributed by atoms with E-state index in [1.165, 1.54) is 0 Å². The molecule has 1 N–H and O–H groups in total. The predicted octanol–water partition coefficient (Wildman–Crippen LogP) is 4.87. The summed E-state index contributed by atoms with van der Waals surface area (Å²) in [6, 6.07) is 12.5. The van der Waals surface area contributed by atoms with Crippen molar-refractivity contribution in [1.82, 2.24) is 9.97 Å². The van der Waals surface area contributed by atoms with Crippen LogP contribution in [0.25, 0.3) is 21.8 Å². The molecule has 0 fully saturated rings. The Morgan fingerprint density at radius 2 is 1.91 bits per heavy atom. The molecule has 1 aromatic carbocycles. The first-order chi connectivity index (χ1) is 10.8. The van der Waals surface area contributed by atoms with Crippen LogP contribution in [0.1, 0.15) is 19.0 Å². The zero-order valence-electron chi connectivity index (χ0n) is 12.8. The number of nitrogens with zero attached hydrogens (tertiary/aromatic N) is 2. The summed E-state index contributed by atoms with van der Waals surface area (Å²) in [5, 5.41) is 6.29. The lowest BCUT2D eigenvalue weighted by Gasteiger charge is -2.02. The van der Waals surface area contributed by atoms with Crippen LogP contribution in [0.2, 0.25) is 0 Å². The van der Waals surface area contributed by atoms with E-state index in [1.807, 2.05) is 19.3 Å². The number of aromatic nitrogens is 2. The maximum atomic E-state index is 4.78. The van der Waals surface area contributed by atoms with Crippen LogP contribution in [0, 0.1) is 0 Å². The van der Waals surface area contributed by atoms with Crippen LogP contribution in [-0.2, 0) is 6.42 Å². The molecule has 0 aliphatic rings. The smallest absolute Gasteiger partial charge is 0.124 e. The van der Waals surface area contributed by atoms with E-state index in [1.54, 1.807) is 11.3 Å². The second-order valence-corrected chi connectivity index (χ2v) is 6.01. The summed E-state index contributed by atoms with van der Waals surface area (Å²) < 4.78 is 0. The van der Waals surface area contributed by atoms with Crippen LogP contribution >= 0.6 is 11.3 Å². The van der Waals surface area contributed by atoms with Gasteiger partial charge in [-0.1, -0.05) is 25.5 Å². The normalized spacial score (nSPS) is 10.6. The third-order valence-corrected chi connectivity index (χ3v) is 4.43. The van der Waals surface area contributed by atoms with Gasteiger partial charge in [0, 0.05) is 41.1 Å². The summed E-state index contributed by atoms with van der Waals surface area (Å²) >= 11 is 1.68. The molecule has 22 heavy (non-hydrogen) atoms. The quantitative estimate of drug-likeness (QED) is 0.731. The van der Waals surface area contributed by atoms with E-state index in [0.717, 1.165) is 46.1 Å². The number of anilines is 1. The lowest BCUT2D eigenvalue weighted by atomic mass is 10.1. The Hall–Kier alpha value is -2.20. The summed E-state index contributed by atoms with van der Waals surface area (Å²) in [6.07, 6.45) is 4.00. The molecule has 0 atom stereocenters. The van der Waals surface area contributed by atoms with E-state index in [9.17, 15) is 0 Å². The molecule has 0 aliphatic carbocycles. The van der Waals surface area contributed by atoms with Crippen LogP contribution in [0.4, 0.5) is 5.69 Å². The lowest BCUT2D eigenvalue weighted by Crippen LogP contribution is -1.89. The summed E-state index contributed by atoms with van der Waals surface area (Å²) in [5.74, 6) is 0. The fourth-order valence-corrected chi connectivity index (χ4v) is 3.18. The molecule has 0 saturated carbocycles. The molecule has 3 aromatic rings. The van der Waals surface area contributed by atoms with E-state index in [0.29, 0.717) is 0 Å². The van der Waals surface area contributed by atoms with Crippen molar-refractivity contribution in [3.63, 3.8) is 0 Å². The average molecular weight is 309 g/mol. The molecule has 0 unspecified atom stereocenters. The van der Waals surface area contributed by atoms with Crippen LogP contribution < -0.4 is 5.32 Å². The fraction of sp³-hybridized carbons (Fsp3) is 0.222. The first-order valence-electron chi connectivity index (χ1n) is 7.49. The Morgan fingerprint density at radius 1 is 1.09 bits per heavy atom. The second-order valence-electron chi connectivity index (χ2n) is 5.15. The van der Waals surface area contributed by atoms with Crippen molar-refractivity contribution in [2.75, 3.05) is 12.4 Å². The molecule has 4 heteroatoms. The summed E-state index contributed by atoms with van der Waals surface area (Å²) in [6.45, 7) is 2.17. The molecular formula is C18H19N3S. The Kier molecular flexibility index (Phi) is 4.49. The van der Waals surface area contributed by atoms with Gasteiger partial charge >= 0.3 is 0 Å². The number of thiazole rings is 1. The number of rotatable bonds is 5. The highest BCUT2D eigenvalue weighted by molar-refractivity contribution is 7.13. The minimum atomic E-state index is 1.01. The first kappa shape index (κ1) is 14.7. The molecule has 0 saturated heterocycles. The number of aryl methyl sites for hydroxylation is 1. The van der Waals surface area contributed by atoms with Crippen molar-refractivity contribution in [2.24, 2.45) is 0 Å². The Labute approximate surface area is 135 Å². The van der Waals surface area contributed by atoms with Gasteiger partial charge in [0.1, 0.15) is 5.01 Å². The number of benzene rings is 1. The largest absolute Gasteiger partial charge is 0.388 e. The SMILES string of the molecule is CCCc1cc(-c2nc(-c3ccc(NC)cc3)cs2)ccn1.